The van der Waals surface area contributed by atoms with Gasteiger partial charge in [-0.2, -0.15) is 0 Å². The van der Waals surface area contributed by atoms with Gasteiger partial charge in [0, 0.05) is 17.1 Å². The molecule has 264 valence electrons. The Labute approximate surface area is 292 Å². The third-order valence-corrected chi connectivity index (χ3v) is 8.68. The van der Waals surface area contributed by atoms with Gasteiger partial charge in [0.1, 0.15) is 13.2 Å². The summed E-state index contributed by atoms with van der Waals surface area (Å²) in [5.41, 5.74) is 5.69. The van der Waals surface area contributed by atoms with Crippen LogP contribution in [0.25, 0.3) is 0 Å². The number of esters is 1. The summed E-state index contributed by atoms with van der Waals surface area (Å²) >= 11 is 0. The van der Waals surface area contributed by atoms with Crippen LogP contribution in [0.4, 0.5) is 21.9 Å². The Morgan fingerprint density at radius 2 is 1.58 bits per heavy atom. The lowest BCUT2D eigenvalue weighted by molar-refractivity contribution is -0.128. The molecule has 0 aliphatic carbocycles. The molecular weight excluding hydrogens is 638 g/mol. The Balaban J connectivity index is 1.38. The molecule has 1 fully saturated rings. The molecule has 13 heteroatoms. The van der Waals surface area contributed by atoms with Gasteiger partial charge in [-0.05, 0) is 68.9 Å². The van der Waals surface area contributed by atoms with Crippen molar-refractivity contribution in [2.75, 3.05) is 48.3 Å². The monoisotopic (exact) mass is 683 g/mol. The molecule has 0 bridgehead atoms. The normalized spacial score (nSPS) is 18.5. The number of para-hydroxylation sites is 2. The van der Waals surface area contributed by atoms with Crippen molar-refractivity contribution in [3.63, 3.8) is 0 Å². The molecule has 5 N–H and O–H groups in total. The second-order valence-corrected chi connectivity index (χ2v) is 13.9. The van der Waals surface area contributed by atoms with Crippen molar-refractivity contribution in [2.24, 2.45) is 11.1 Å². The van der Waals surface area contributed by atoms with Gasteiger partial charge < -0.3 is 30.5 Å². The SMILES string of the molecule is CN1CCC(NC(=O)CN2C(=O)C(N)(NC(=O)Nc3cccc(C(=O)OCc4ccccc4)c3)CN(C(=O)C(C)(C)C)c3ccccc32)CC1. The van der Waals surface area contributed by atoms with Gasteiger partial charge in [-0.3, -0.25) is 25.0 Å². The Kier molecular flexibility index (Phi) is 10.9. The molecule has 0 aromatic heterocycles. The predicted molar refractivity (Wildman–Crippen MR) is 190 cm³/mol. The van der Waals surface area contributed by atoms with E-state index in [1.54, 1.807) is 63.2 Å². The first kappa shape index (κ1) is 36.0. The number of likely N-dealkylation sites (tertiary alicyclic amines) is 1. The topological polar surface area (TPSA) is 166 Å². The van der Waals surface area contributed by atoms with E-state index in [1.165, 1.54) is 15.9 Å². The number of benzene rings is 3. The van der Waals surface area contributed by atoms with Gasteiger partial charge in [0.2, 0.25) is 11.8 Å². The van der Waals surface area contributed by atoms with Gasteiger partial charge in [-0.25, -0.2) is 9.59 Å². The number of carbonyl (C=O) groups is 5. The van der Waals surface area contributed by atoms with Gasteiger partial charge in [-0.1, -0.05) is 69.3 Å². The molecule has 0 spiro atoms. The first-order valence-corrected chi connectivity index (χ1v) is 16.6. The third kappa shape index (κ3) is 8.65. The number of hydrogen-bond donors (Lipinski definition) is 4. The minimum atomic E-state index is -2.16. The van der Waals surface area contributed by atoms with Gasteiger partial charge in [0.25, 0.3) is 5.91 Å². The number of nitrogens with two attached hydrogens (primary N) is 1. The molecule has 3 aromatic rings. The molecule has 1 atom stereocenters. The Hall–Kier alpha value is -5.27. The maximum atomic E-state index is 14.4. The maximum Gasteiger partial charge on any atom is 0.338 e. The zero-order valence-corrected chi connectivity index (χ0v) is 28.9. The highest BCUT2D eigenvalue weighted by atomic mass is 16.5. The fourth-order valence-corrected chi connectivity index (χ4v) is 5.97. The highest BCUT2D eigenvalue weighted by Gasteiger charge is 2.48. The molecule has 2 aliphatic heterocycles. The summed E-state index contributed by atoms with van der Waals surface area (Å²) < 4.78 is 5.42. The second kappa shape index (κ2) is 15.1. The predicted octanol–water partition coefficient (Wildman–Crippen LogP) is 3.46. The van der Waals surface area contributed by atoms with Crippen LogP contribution in [0.5, 0.6) is 0 Å². The molecule has 0 saturated carbocycles. The number of ether oxygens (including phenoxy) is 1. The number of nitrogens with zero attached hydrogens (tertiary/aromatic N) is 3. The first-order valence-electron chi connectivity index (χ1n) is 16.6. The molecule has 1 saturated heterocycles. The van der Waals surface area contributed by atoms with E-state index in [0.29, 0.717) is 11.4 Å². The number of rotatable bonds is 8. The maximum absolute atomic E-state index is 14.4. The van der Waals surface area contributed by atoms with E-state index in [2.05, 4.69) is 20.9 Å². The van der Waals surface area contributed by atoms with Crippen molar-refractivity contribution < 1.29 is 28.7 Å². The van der Waals surface area contributed by atoms with E-state index in [9.17, 15) is 24.0 Å². The lowest BCUT2D eigenvalue weighted by Crippen LogP contribution is -2.71. The van der Waals surface area contributed by atoms with Crippen molar-refractivity contribution in [3.05, 3.63) is 90.0 Å². The van der Waals surface area contributed by atoms with Crippen LogP contribution in [-0.2, 0) is 25.7 Å². The van der Waals surface area contributed by atoms with Crippen molar-refractivity contribution in [3.8, 4) is 0 Å². The molecule has 5 amide bonds. The van der Waals surface area contributed by atoms with E-state index >= 15 is 0 Å². The van der Waals surface area contributed by atoms with E-state index in [1.807, 2.05) is 37.4 Å². The molecule has 0 radical (unpaired) electrons. The minimum Gasteiger partial charge on any atom is -0.457 e. The molecule has 13 nitrogen and oxygen atoms in total. The van der Waals surface area contributed by atoms with Crippen LogP contribution < -0.4 is 31.5 Å². The lowest BCUT2D eigenvalue weighted by Gasteiger charge is -2.35. The summed E-state index contributed by atoms with van der Waals surface area (Å²) in [6.45, 7) is 6.19. The van der Waals surface area contributed by atoms with Crippen LogP contribution in [0, 0.1) is 5.41 Å². The van der Waals surface area contributed by atoms with Gasteiger partial charge in [0.05, 0.1) is 23.5 Å². The van der Waals surface area contributed by atoms with Crippen LogP contribution in [0.1, 0.15) is 49.5 Å². The summed E-state index contributed by atoms with van der Waals surface area (Å²) in [6.07, 6.45) is 1.55. The summed E-state index contributed by atoms with van der Waals surface area (Å²) in [6, 6.07) is 21.2. The first-order chi connectivity index (χ1) is 23.7. The summed E-state index contributed by atoms with van der Waals surface area (Å²) in [5.74, 6) is -2.09. The zero-order valence-electron chi connectivity index (χ0n) is 28.9. The molecule has 5 rings (SSSR count). The number of hydrogen-bond acceptors (Lipinski definition) is 8. The van der Waals surface area contributed by atoms with Crippen molar-refractivity contribution >= 4 is 46.8 Å². The number of amides is 5. The molecule has 2 heterocycles. The number of nitrogens with one attached hydrogen (secondary N) is 3. The fourth-order valence-electron chi connectivity index (χ4n) is 5.97. The van der Waals surface area contributed by atoms with Gasteiger partial charge in [0.15, 0.2) is 5.66 Å². The highest BCUT2D eigenvalue weighted by molar-refractivity contribution is 6.12. The van der Waals surface area contributed by atoms with E-state index in [4.69, 9.17) is 10.5 Å². The van der Waals surface area contributed by atoms with Crippen LogP contribution in [0.3, 0.4) is 0 Å². The number of carbonyl (C=O) groups excluding carboxylic acids is 5. The number of anilines is 3. The number of urea groups is 1. The minimum absolute atomic E-state index is 0.0482. The Morgan fingerprint density at radius 1 is 0.920 bits per heavy atom. The molecular formula is C37H45N7O6. The lowest BCUT2D eigenvalue weighted by atomic mass is 9.93. The van der Waals surface area contributed by atoms with Crippen LogP contribution in [0.2, 0.25) is 0 Å². The average Bonchev–Trinajstić information content (AvgIpc) is 3.17. The van der Waals surface area contributed by atoms with Crippen LogP contribution in [-0.4, -0.2) is 79.6 Å². The Bertz CT molecular complexity index is 1740. The number of piperidine rings is 1. The van der Waals surface area contributed by atoms with Crippen LogP contribution in [0.15, 0.2) is 78.9 Å². The van der Waals surface area contributed by atoms with Crippen LogP contribution >= 0.6 is 0 Å². The van der Waals surface area contributed by atoms with Crippen molar-refractivity contribution in [2.45, 2.75) is 51.9 Å². The van der Waals surface area contributed by atoms with Crippen molar-refractivity contribution in [1.29, 1.82) is 0 Å². The standard InChI is InChI=1S/C37H45N7O6/c1-36(2,3)33(47)44-24-37(38,41-35(49)40-28-14-10-13-26(21-28)32(46)50-23-25-11-6-5-7-12-25)34(48)43(29-15-8-9-16-30(29)44)22-31(45)39-27-17-19-42(4)20-18-27/h5-16,21,27H,17-20,22-24,38H2,1-4H3,(H,39,45)(H2,40,41,49). The van der Waals surface area contributed by atoms with E-state index in [-0.39, 0.29) is 42.3 Å². The quantitative estimate of drug-likeness (QED) is 0.207. The molecule has 50 heavy (non-hydrogen) atoms. The number of fused-ring (bicyclic) bond motifs is 1. The fraction of sp³-hybridized carbons (Fsp3) is 0.378. The summed E-state index contributed by atoms with van der Waals surface area (Å²) in [7, 11) is 2.03. The second-order valence-electron chi connectivity index (χ2n) is 13.9. The highest BCUT2D eigenvalue weighted by Crippen LogP contribution is 2.36. The largest absolute Gasteiger partial charge is 0.457 e. The average molecular weight is 684 g/mol. The van der Waals surface area contributed by atoms with Crippen molar-refractivity contribution in [1.82, 2.24) is 15.5 Å². The smallest absolute Gasteiger partial charge is 0.338 e. The van der Waals surface area contributed by atoms with E-state index < -0.39 is 35.5 Å². The summed E-state index contributed by atoms with van der Waals surface area (Å²) in [4.78, 5) is 72.8. The van der Waals surface area contributed by atoms with Gasteiger partial charge >= 0.3 is 12.0 Å². The molecule has 2 aliphatic rings. The zero-order chi connectivity index (χ0) is 36.1. The Morgan fingerprint density at radius 3 is 2.26 bits per heavy atom. The molecule has 3 aromatic carbocycles. The van der Waals surface area contributed by atoms with E-state index in [0.717, 1.165) is 31.5 Å². The summed E-state index contributed by atoms with van der Waals surface area (Å²) in [5, 5.41) is 8.25. The third-order valence-electron chi connectivity index (χ3n) is 8.68. The molecule has 1 unspecified atom stereocenters. The van der Waals surface area contributed by atoms with Gasteiger partial charge in [-0.15, -0.1) is 0 Å².